The van der Waals surface area contributed by atoms with Gasteiger partial charge in [0.2, 0.25) is 0 Å². The van der Waals surface area contributed by atoms with Crippen molar-refractivity contribution in [2.75, 3.05) is 0 Å². The van der Waals surface area contributed by atoms with Gasteiger partial charge in [-0.15, -0.1) is 0 Å². The molecule has 0 bridgehead atoms. The fourth-order valence-electron chi connectivity index (χ4n) is 1.34. The van der Waals surface area contributed by atoms with E-state index in [1.807, 2.05) is 32.0 Å². The zero-order chi connectivity index (χ0) is 11.5. The van der Waals surface area contributed by atoms with E-state index >= 15 is 0 Å². The van der Waals surface area contributed by atoms with Gasteiger partial charge in [0.05, 0.1) is 6.61 Å². The lowest BCUT2D eigenvalue weighted by Gasteiger charge is -2.04. The Balaban J connectivity index is 2.21. The Morgan fingerprint density at radius 2 is 2.19 bits per heavy atom. The molecule has 1 heterocycles. The molecule has 0 aliphatic heterocycles. The first kappa shape index (κ1) is 11.6. The van der Waals surface area contributed by atoms with Crippen LogP contribution in [0.25, 0.3) is 0 Å². The van der Waals surface area contributed by atoms with Gasteiger partial charge in [0.15, 0.2) is 4.34 Å². The quantitative estimate of drug-likeness (QED) is 0.912. The van der Waals surface area contributed by atoms with E-state index in [1.165, 1.54) is 11.5 Å². The summed E-state index contributed by atoms with van der Waals surface area (Å²) in [6.07, 6.45) is 0. The lowest BCUT2D eigenvalue weighted by molar-refractivity contribution is 0.281. The van der Waals surface area contributed by atoms with E-state index < -0.39 is 0 Å². The number of nitrogens with zero attached hydrogens (tertiary/aromatic N) is 2. The highest BCUT2D eigenvalue weighted by Gasteiger charge is 2.06. The highest BCUT2D eigenvalue weighted by atomic mass is 32.2. The second-order valence-electron chi connectivity index (χ2n) is 3.47. The summed E-state index contributed by atoms with van der Waals surface area (Å²) in [4.78, 5) is 5.47. The zero-order valence-corrected chi connectivity index (χ0v) is 10.7. The fourth-order valence-corrected chi connectivity index (χ4v) is 3.01. The molecule has 0 amide bonds. The molecule has 0 fully saturated rings. The van der Waals surface area contributed by atoms with E-state index in [-0.39, 0.29) is 6.61 Å². The molecule has 16 heavy (non-hydrogen) atoms. The SMILES string of the molecule is Cc1nsc(Sc2ccc(CO)cc2C)n1. The number of aliphatic hydroxyl groups excluding tert-OH is 1. The van der Waals surface area contributed by atoms with Gasteiger partial charge < -0.3 is 5.11 Å². The molecular formula is C11H12N2OS2. The van der Waals surface area contributed by atoms with Crippen LogP contribution >= 0.6 is 23.3 Å². The van der Waals surface area contributed by atoms with Crippen molar-refractivity contribution in [2.45, 2.75) is 29.7 Å². The largest absolute Gasteiger partial charge is 0.392 e. The molecular weight excluding hydrogens is 240 g/mol. The van der Waals surface area contributed by atoms with Gasteiger partial charge in [0, 0.05) is 4.90 Å². The maximum atomic E-state index is 9.02. The molecule has 0 atom stereocenters. The summed E-state index contributed by atoms with van der Waals surface area (Å²) in [7, 11) is 0. The summed E-state index contributed by atoms with van der Waals surface area (Å²) in [6, 6.07) is 5.95. The summed E-state index contributed by atoms with van der Waals surface area (Å²) in [6.45, 7) is 4.02. The van der Waals surface area contributed by atoms with Gasteiger partial charge in [0.25, 0.3) is 0 Å². The van der Waals surface area contributed by atoms with Crippen molar-refractivity contribution >= 4 is 23.3 Å². The van der Waals surface area contributed by atoms with E-state index in [0.29, 0.717) is 0 Å². The van der Waals surface area contributed by atoms with Gasteiger partial charge >= 0.3 is 0 Å². The third-order valence-corrected chi connectivity index (χ3v) is 4.15. The van der Waals surface area contributed by atoms with Crippen LogP contribution in [-0.4, -0.2) is 14.5 Å². The summed E-state index contributed by atoms with van der Waals surface area (Å²) in [5.74, 6) is 0.817. The normalized spacial score (nSPS) is 10.7. The van der Waals surface area contributed by atoms with Crippen LogP contribution in [0.1, 0.15) is 17.0 Å². The first-order valence-electron chi connectivity index (χ1n) is 4.87. The third-order valence-electron chi connectivity index (χ3n) is 2.13. The van der Waals surface area contributed by atoms with Gasteiger partial charge in [-0.2, -0.15) is 4.37 Å². The Kier molecular flexibility index (Phi) is 3.58. The van der Waals surface area contributed by atoms with E-state index in [4.69, 9.17) is 5.11 Å². The molecule has 2 rings (SSSR count). The van der Waals surface area contributed by atoms with Crippen LogP contribution < -0.4 is 0 Å². The lowest BCUT2D eigenvalue weighted by atomic mass is 10.1. The molecule has 0 unspecified atom stereocenters. The van der Waals surface area contributed by atoms with E-state index in [2.05, 4.69) is 9.36 Å². The minimum absolute atomic E-state index is 0.0870. The van der Waals surface area contributed by atoms with Gasteiger partial charge in [-0.3, -0.25) is 0 Å². The number of aromatic nitrogens is 2. The molecule has 5 heteroatoms. The molecule has 0 saturated heterocycles. The number of hydrogen-bond donors (Lipinski definition) is 1. The summed E-state index contributed by atoms with van der Waals surface area (Å²) in [5.41, 5.74) is 2.10. The molecule has 0 spiro atoms. The Hall–Kier alpha value is -0.910. The van der Waals surface area contributed by atoms with Crippen molar-refractivity contribution in [3.8, 4) is 0 Å². The predicted molar refractivity (Wildman–Crippen MR) is 65.9 cm³/mol. The van der Waals surface area contributed by atoms with Gasteiger partial charge in [-0.05, 0) is 42.6 Å². The van der Waals surface area contributed by atoms with Gasteiger partial charge in [0.1, 0.15) is 5.82 Å². The molecule has 0 aliphatic carbocycles. The minimum Gasteiger partial charge on any atom is -0.392 e. The summed E-state index contributed by atoms with van der Waals surface area (Å²) < 4.78 is 5.10. The maximum Gasteiger partial charge on any atom is 0.174 e. The number of aryl methyl sites for hydroxylation is 2. The number of benzene rings is 1. The van der Waals surface area contributed by atoms with Crippen molar-refractivity contribution in [3.05, 3.63) is 35.2 Å². The lowest BCUT2D eigenvalue weighted by Crippen LogP contribution is -1.86. The molecule has 0 radical (unpaired) electrons. The van der Waals surface area contributed by atoms with Crippen LogP contribution in [0.2, 0.25) is 0 Å². The van der Waals surface area contributed by atoms with Crippen LogP contribution in [0.15, 0.2) is 27.4 Å². The van der Waals surface area contributed by atoms with Crippen LogP contribution in [0.4, 0.5) is 0 Å². The molecule has 0 aliphatic rings. The topological polar surface area (TPSA) is 46.0 Å². The number of aliphatic hydroxyl groups is 1. The van der Waals surface area contributed by atoms with Crippen molar-refractivity contribution in [2.24, 2.45) is 0 Å². The third kappa shape index (κ3) is 2.61. The summed E-state index contributed by atoms with van der Waals surface area (Å²) >= 11 is 3.03. The van der Waals surface area contributed by atoms with Crippen molar-refractivity contribution in [1.82, 2.24) is 9.36 Å². The summed E-state index contributed by atoms with van der Waals surface area (Å²) in [5, 5.41) is 9.02. The van der Waals surface area contributed by atoms with Crippen molar-refractivity contribution < 1.29 is 5.11 Å². The molecule has 0 saturated carbocycles. The minimum atomic E-state index is 0.0870. The van der Waals surface area contributed by atoms with Crippen molar-refractivity contribution in [1.29, 1.82) is 0 Å². The van der Waals surface area contributed by atoms with Crippen LogP contribution in [0, 0.1) is 13.8 Å². The van der Waals surface area contributed by atoms with E-state index in [1.54, 1.807) is 11.8 Å². The number of rotatable bonds is 3. The highest BCUT2D eigenvalue weighted by Crippen LogP contribution is 2.31. The Bertz CT molecular complexity index is 496. The average Bonchev–Trinajstić information content (AvgIpc) is 2.67. The molecule has 1 N–H and O–H groups in total. The molecule has 1 aromatic heterocycles. The first-order chi connectivity index (χ1) is 7.69. The second kappa shape index (κ2) is 4.95. The number of hydrogen-bond acceptors (Lipinski definition) is 5. The maximum absolute atomic E-state index is 9.02. The molecule has 3 nitrogen and oxygen atoms in total. The van der Waals surface area contributed by atoms with Crippen LogP contribution in [-0.2, 0) is 6.61 Å². The molecule has 84 valence electrons. The first-order valence-corrected chi connectivity index (χ1v) is 6.46. The fraction of sp³-hybridized carbons (Fsp3) is 0.273. The Labute approximate surface area is 103 Å². The highest BCUT2D eigenvalue weighted by molar-refractivity contribution is 8.01. The smallest absolute Gasteiger partial charge is 0.174 e. The Morgan fingerprint density at radius 3 is 2.75 bits per heavy atom. The van der Waals surface area contributed by atoms with Gasteiger partial charge in [-0.1, -0.05) is 23.9 Å². The van der Waals surface area contributed by atoms with Crippen molar-refractivity contribution in [3.63, 3.8) is 0 Å². The second-order valence-corrected chi connectivity index (χ2v) is 5.51. The monoisotopic (exact) mass is 252 g/mol. The average molecular weight is 252 g/mol. The predicted octanol–water partition coefficient (Wildman–Crippen LogP) is 2.80. The van der Waals surface area contributed by atoms with Gasteiger partial charge in [-0.25, -0.2) is 4.98 Å². The molecule has 1 aromatic carbocycles. The van der Waals surface area contributed by atoms with E-state index in [0.717, 1.165) is 26.2 Å². The van der Waals surface area contributed by atoms with Crippen LogP contribution in [0.5, 0.6) is 0 Å². The van der Waals surface area contributed by atoms with Crippen LogP contribution in [0.3, 0.4) is 0 Å². The standard InChI is InChI=1S/C11H12N2OS2/c1-7-5-9(6-14)3-4-10(7)15-11-12-8(2)13-16-11/h3-5,14H,6H2,1-2H3. The van der Waals surface area contributed by atoms with E-state index in [9.17, 15) is 0 Å². The zero-order valence-electron chi connectivity index (χ0n) is 9.10. The molecule has 2 aromatic rings. The Morgan fingerprint density at radius 1 is 1.38 bits per heavy atom.